The predicted octanol–water partition coefficient (Wildman–Crippen LogP) is 2.71. The van der Waals surface area contributed by atoms with E-state index >= 15 is 0 Å². The number of hydrogen-bond acceptors (Lipinski definition) is 3. The molecule has 1 saturated heterocycles. The van der Waals surface area contributed by atoms with Crippen molar-refractivity contribution in [2.45, 2.75) is 46.2 Å². The van der Waals surface area contributed by atoms with Crippen molar-refractivity contribution in [2.24, 2.45) is 0 Å². The average molecular weight is 287 g/mol. The van der Waals surface area contributed by atoms with E-state index in [4.69, 9.17) is 4.42 Å². The van der Waals surface area contributed by atoms with Crippen molar-refractivity contribution in [3.8, 4) is 0 Å². The van der Waals surface area contributed by atoms with Crippen molar-refractivity contribution in [1.82, 2.24) is 14.7 Å². The highest BCUT2D eigenvalue weighted by molar-refractivity contribution is 5.97. The molecule has 0 aromatic carbocycles. The molecule has 0 spiro atoms. The van der Waals surface area contributed by atoms with Crippen LogP contribution in [0.25, 0.3) is 0 Å². The zero-order valence-corrected chi connectivity index (χ0v) is 12.8. The van der Waals surface area contributed by atoms with Crippen LogP contribution >= 0.6 is 0 Å². The molecule has 0 radical (unpaired) electrons. The molecule has 2 aromatic rings. The molecule has 3 heterocycles. The Balaban J connectivity index is 1.83. The largest absolute Gasteiger partial charge is 0.466 e. The first-order valence-electron chi connectivity index (χ1n) is 7.43. The highest BCUT2D eigenvalue weighted by atomic mass is 16.3. The second kappa shape index (κ2) is 5.39. The van der Waals surface area contributed by atoms with Crippen LogP contribution in [0.5, 0.6) is 0 Å². The number of carbonyl (C=O) groups excluding carboxylic acids is 1. The van der Waals surface area contributed by atoms with Gasteiger partial charge >= 0.3 is 0 Å². The van der Waals surface area contributed by atoms with Crippen molar-refractivity contribution in [3.63, 3.8) is 0 Å². The van der Waals surface area contributed by atoms with E-state index < -0.39 is 0 Å². The lowest BCUT2D eigenvalue weighted by Gasteiger charge is -2.25. The van der Waals surface area contributed by atoms with Crippen molar-refractivity contribution in [1.29, 1.82) is 0 Å². The number of furan rings is 1. The van der Waals surface area contributed by atoms with Gasteiger partial charge in [-0.2, -0.15) is 5.10 Å². The minimum absolute atomic E-state index is 0.0940. The molecular formula is C16H21N3O2. The third-order valence-electron chi connectivity index (χ3n) is 4.37. The number of amides is 1. The molecule has 1 amide bonds. The molecular weight excluding hydrogens is 266 g/mol. The highest BCUT2D eigenvalue weighted by Crippen LogP contribution is 2.27. The molecule has 0 N–H and O–H groups in total. The maximum atomic E-state index is 12.9. The number of aromatic nitrogens is 2. The SMILES string of the molecule is Cc1oc(C)c(C(=O)N2CCC[C@@H]2Cn2cccn2)c1C. The van der Waals surface area contributed by atoms with Crippen LogP contribution in [0.1, 0.15) is 40.3 Å². The van der Waals surface area contributed by atoms with E-state index in [9.17, 15) is 4.79 Å². The summed E-state index contributed by atoms with van der Waals surface area (Å²) in [5.41, 5.74) is 1.70. The van der Waals surface area contributed by atoms with E-state index in [1.54, 1.807) is 6.20 Å². The minimum Gasteiger partial charge on any atom is -0.466 e. The number of aryl methyl sites for hydroxylation is 2. The van der Waals surface area contributed by atoms with Crippen molar-refractivity contribution in [3.05, 3.63) is 41.1 Å². The summed E-state index contributed by atoms with van der Waals surface area (Å²) in [5.74, 6) is 1.65. The van der Waals surface area contributed by atoms with Gasteiger partial charge in [-0.15, -0.1) is 0 Å². The molecule has 1 fully saturated rings. The van der Waals surface area contributed by atoms with E-state index in [0.29, 0.717) is 0 Å². The van der Waals surface area contributed by atoms with E-state index in [1.807, 2.05) is 42.6 Å². The lowest BCUT2D eigenvalue weighted by molar-refractivity contribution is 0.0719. The molecule has 21 heavy (non-hydrogen) atoms. The topological polar surface area (TPSA) is 51.3 Å². The summed E-state index contributed by atoms with van der Waals surface area (Å²) in [6.07, 6.45) is 5.79. The van der Waals surface area contributed by atoms with Gasteiger partial charge in [-0.3, -0.25) is 9.48 Å². The minimum atomic E-state index is 0.0940. The monoisotopic (exact) mass is 287 g/mol. The predicted molar refractivity (Wildman–Crippen MR) is 79.2 cm³/mol. The first-order valence-corrected chi connectivity index (χ1v) is 7.43. The van der Waals surface area contributed by atoms with E-state index in [2.05, 4.69) is 5.10 Å². The first kappa shape index (κ1) is 13.9. The Morgan fingerprint density at radius 1 is 1.38 bits per heavy atom. The van der Waals surface area contributed by atoms with Crippen molar-refractivity contribution in [2.75, 3.05) is 6.54 Å². The fourth-order valence-electron chi connectivity index (χ4n) is 3.17. The molecule has 1 aliphatic heterocycles. The summed E-state index contributed by atoms with van der Waals surface area (Å²) in [6.45, 7) is 7.30. The van der Waals surface area contributed by atoms with Gasteiger partial charge in [-0.1, -0.05) is 0 Å². The summed E-state index contributed by atoms with van der Waals surface area (Å²) in [6, 6.07) is 2.13. The lowest BCUT2D eigenvalue weighted by atomic mass is 10.1. The summed E-state index contributed by atoms with van der Waals surface area (Å²) in [5, 5.41) is 4.25. The molecule has 3 rings (SSSR count). The summed E-state index contributed by atoms with van der Waals surface area (Å²) in [4.78, 5) is 14.9. The van der Waals surface area contributed by atoms with Gasteiger partial charge < -0.3 is 9.32 Å². The Bertz CT molecular complexity index is 643. The van der Waals surface area contributed by atoms with Crippen molar-refractivity contribution >= 4 is 5.91 Å². The Morgan fingerprint density at radius 2 is 2.19 bits per heavy atom. The average Bonchev–Trinajstić information content (AvgIpc) is 3.14. The Hall–Kier alpha value is -2.04. The second-order valence-electron chi connectivity index (χ2n) is 5.74. The fraction of sp³-hybridized carbons (Fsp3) is 0.500. The standard InChI is InChI=1S/C16H21N3O2/c1-11-12(2)21-13(3)15(11)16(20)19-9-4-6-14(19)10-18-8-5-7-17-18/h5,7-8,14H,4,6,9-10H2,1-3H3/t14-/m1/s1. The molecule has 1 aliphatic rings. The summed E-state index contributed by atoms with van der Waals surface area (Å²) in [7, 11) is 0. The number of likely N-dealkylation sites (tertiary alicyclic amines) is 1. The van der Waals surface area contributed by atoms with Gasteiger partial charge in [0.1, 0.15) is 11.5 Å². The second-order valence-corrected chi connectivity index (χ2v) is 5.74. The molecule has 0 bridgehead atoms. The molecule has 2 aromatic heterocycles. The molecule has 5 heteroatoms. The zero-order chi connectivity index (χ0) is 15.0. The van der Waals surface area contributed by atoms with Gasteiger partial charge in [0.25, 0.3) is 5.91 Å². The van der Waals surface area contributed by atoms with Crippen LogP contribution in [0.4, 0.5) is 0 Å². The van der Waals surface area contributed by atoms with Crippen LogP contribution < -0.4 is 0 Å². The number of hydrogen-bond donors (Lipinski definition) is 0. The van der Waals surface area contributed by atoms with Crippen molar-refractivity contribution < 1.29 is 9.21 Å². The number of rotatable bonds is 3. The maximum absolute atomic E-state index is 12.9. The lowest BCUT2D eigenvalue weighted by Crippen LogP contribution is -2.38. The van der Waals surface area contributed by atoms with Crippen LogP contribution in [0.15, 0.2) is 22.9 Å². The quantitative estimate of drug-likeness (QED) is 0.872. The third-order valence-corrected chi connectivity index (χ3v) is 4.37. The van der Waals surface area contributed by atoms with E-state index in [-0.39, 0.29) is 11.9 Å². The van der Waals surface area contributed by atoms with Crippen LogP contribution in [0, 0.1) is 20.8 Å². The van der Waals surface area contributed by atoms with Crippen LogP contribution in [-0.4, -0.2) is 33.2 Å². The van der Waals surface area contributed by atoms with Gasteiger partial charge in [0.15, 0.2) is 0 Å². The molecule has 0 aliphatic carbocycles. The molecule has 0 unspecified atom stereocenters. The zero-order valence-electron chi connectivity index (χ0n) is 12.8. The Kier molecular flexibility index (Phi) is 3.57. The Morgan fingerprint density at radius 3 is 2.81 bits per heavy atom. The molecule has 1 atom stereocenters. The van der Waals surface area contributed by atoms with Crippen LogP contribution in [-0.2, 0) is 6.54 Å². The molecule has 0 saturated carbocycles. The van der Waals surface area contributed by atoms with Gasteiger partial charge in [-0.05, 0) is 39.7 Å². The fourth-order valence-corrected chi connectivity index (χ4v) is 3.17. The normalized spacial score (nSPS) is 18.4. The summed E-state index contributed by atoms with van der Waals surface area (Å²) >= 11 is 0. The van der Waals surface area contributed by atoms with Crippen LogP contribution in [0.3, 0.4) is 0 Å². The van der Waals surface area contributed by atoms with E-state index in [1.165, 1.54) is 0 Å². The highest BCUT2D eigenvalue weighted by Gasteiger charge is 2.32. The number of carbonyl (C=O) groups is 1. The van der Waals surface area contributed by atoms with Crippen LogP contribution in [0.2, 0.25) is 0 Å². The van der Waals surface area contributed by atoms with Gasteiger partial charge in [0.2, 0.25) is 0 Å². The summed E-state index contributed by atoms with van der Waals surface area (Å²) < 4.78 is 7.50. The molecule has 5 nitrogen and oxygen atoms in total. The van der Waals surface area contributed by atoms with Gasteiger partial charge in [-0.25, -0.2) is 0 Å². The third kappa shape index (κ3) is 2.48. The van der Waals surface area contributed by atoms with Gasteiger partial charge in [0, 0.05) is 24.5 Å². The van der Waals surface area contributed by atoms with Gasteiger partial charge in [0.05, 0.1) is 18.2 Å². The Labute approximate surface area is 124 Å². The van der Waals surface area contributed by atoms with E-state index in [0.717, 1.165) is 48.6 Å². The maximum Gasteiger partial charge on any atom is 0.257 e. The smallest absolute Gasteiger partial charge is 0.257 e. The molecule has 112 valence electrons. The first-order chi connectivity index (χ1) is 10.1. The number of nitrogens with zero attached hydrogens (tertiary/aromatic N) is 3.